The molecule has 1 saturated heterocycles. The Balaban J connectivity index is 0.00000300. The van der Waals surface area contributed by atoms with Gasteiger partial charge in [0.05, 0.1) is 12.3 Å². The Hall–Kier alpha value is -2.12. The Morgan fingerprint density at radius 2 is 1.97 bits per heavy atom. The van der Waals surface area contributed by atoms with Crippen LogP contribution in [-0.2, 0) is 14.4 Å². The van der Waals surface area contributed by atoms with E-state index in [2.05, 4.69) is 10.1 Å². The first-order valence-electron chi connectivity index (χ1n) is 10.1. The average Bonchev–Trinajstić information content (AvgIpc) is 3.11. The number of nitrogen functional groups attached to an aromatic ring is 1. The zero-order valence-corrected chi connectivity index (χ0v) is 17.8. The minimum atomic E-state index is -0.185. The monoisotopic (exact) mass is 422 g/mol. The van der Waals surface area contributed by atoms with Crippen molar-refractivity contribution in [3.8, 4) is 0 Å². The van der Waals surface area contributed by atoms with E-state index in [1.807, 2.05) is 31.2 Å². The molecule has 1 aromatic rings. The molecule has 0 unspecified atom stereocenters. The molecule has 29 heavy (non-hydrogen) atoms. The number of hydrogen-bond donors (Lipinski definition) is 2. The third-order valence-electron chi connectivity index (χ3n) is 5.55. The summed E-state index contributed by atoms with van der Waals surface area (Å²) in [7, 11) is 0. The van der Waals surface area contributed by atoms with Crippen molar-refractivity contribution in [3.63, 3.8) is 0 Å². The Bertz CT molecular complexity index is 728. The number of rotatable bonds is 8. The van der Waals surface area contributed by atoms with Crippen molar-refractivity contribution in [3.05, 3.63) is 35.4 Å². The molecule has 7 nitrogen and oxygen atoms in total. The van der Waals surface area contributed by atoms with E-state index in [1.165, 1.54) is 0 Å². The number of amidine groups is 1. The predicted molar refractivity (Wildman–Crippen MR) is 116 cm³/mol. The Kier molecular flexibility index (Phi) is 8.46. The van der Waals surface area contributed by atoms with Crippen molar-refractivity contribution in [1.82, 2.24) is 4.90 Å². The van der Waals surface area contributed by atoms with E-state index in [0.29, 0.717) is 18.6 Å². The van der Waals surface area contributed by atoms with Crippen LogP contribution in [0.25, 0.3) is 0 Å². The molecule has 0 atom stereocenters. The lowest BCUT2D eigenvalue weighted by molar-refractivity contribution is -0.143. The van der Waals surface area contributed by atoms with Crippen LogP contribution in [0, 0.1) is 5.41 Å². The molecule has 0 radical (unpaired) electrons. The van der Waals surface area contributed by atoms with Gasteiger partial charge in [-0.1, -0.05) is 29.4 Å². The summed E-state index contributed by atoms with van der Waals surface area (Å²) in [6.07, 6.45) is 5.14. The molecule has 0 aliphatic carbocycles. The number of nitrogens with zero attached hydrogens (tertiary/aromatic N) is 2. The zero-order valence-electron chi connectivity index (χ0n) is 17.0. The van der Waals surface area contributed by atoms with Gasteiger partial charge in [0.1, 0.15) is 11.4 Å². The highest BCUT2D eigenvalue weighted by molar-refractivity contribution is 6.03. The van der Waals surface area contributed by atoms with E-state index < -0.39 is 0 Å². The van der Waals surface area contributed by atoms with Gasteiger partial charge in [-0.15, -0.1) is 12.4 Å². The Morgan fingerprint density at radius 1 is 1.28 bits per heavy atom. The summed E-state index contributed by atoms with van der Waals surface area (Å²) in [5, 5.41) is 11.8. The average molecular weight is 423 g/mol. The smallest absolute Gasteiger partial charge is 0.305 e. The van der Waals surface area contributed by atoms with Crippen molar-refractivity contribution in [2.45, 2.75) is 51.0 Å². The minimum absolute atomic E-state index is 0. The summed E-state index contributed by atoms with van der Waals surface area (Å²) in [5.41, 5.74) is 8.05. The Morgan fingerprint density at radius 3 is 2.59 bits per heavy atom. The fourth-order valence-corrected chi connectivity index (χ4v) is 3.81. The van der Waals surface area contributed by atoms with Gasteiger partial charge in [0.25, 0.3) is 0 Å². The first kappa shape index (κ1) is 23.2. The van der Waals surface area contributed by atoms with Gasteiger partial charge in [0.15, 0.2) is 0 Å². The highest BCUT2D eigenvalue weighted by Gasteiger charge is 2.42. The minimum Gasteiger partial charge on any atom is -0.466 e. The number of carbonyl (C=O) groups excluding carboxylic acids is 1. The third kappa shape index (κ3) is 6.18. The van der Waals surface area contributed by atoms with Gasteiger partial charge in [0.2, 0.25) is 0 Å². The zero-order chi connectivity index (χ0) is 20.0. The highest BCUT2D eigenvalue weighted by Crippen LogP contribution is 2.36. The molecule has 2 aliphatic rings. The number of hydrogen-bond acceptors (Lipinski definition) is 6. The number of benzene rings is 1. The molecule has 1 fully saturated rings. The molecule has 160 valence electrons. The van der Waals surface area contributed by atoms with Crippen LogP contribution in [-0.4, -0.2) is 54.3 Å². The number of nitrogens with one attached hydrogen (secondary N) is 1. The van der Waals surface area contributed by atoms with Gasteiger partial charge in [-0.2, -0.15) is 0 Å². The number of nitrogens with two attached hydrogens (primary N) is 1. The van der Waals surface area contributed by atoms with Crippen LogP contribution in [0.1, 0.15) is 56.6 Å². The molecular formula is C21H31ClN4O3. The number of piperidine rings is 1. The molecule has 1 spiro atoms. The van der Waals surface area contributed by atoms with Crippen LogP contribution >= 0.6 is 12.4 Å². The number of halogens is 1. The van der Waals surface area contributed by atoms with Crippen LogP contribution in [0.4, 0.5) is 0 Å². The summed E-state index contributed by atoms with van der Waals surface area (Å²) in [6.45, 7) is 5.29. The Labute approximate surface area is 178 Å². The molecule has 3 rings (SSSR count). The van der Waals surface area contributed by atoms with Gasteiger partial charge in [-0.25, -0.2) is 0 Å². The van der Waals surface area contributed by atoms with E-state index in [9.17, 15) is 4.79 Å². The molecule has 3 N–H and O–H groups in total. The molecule has 0 bridgehead atoms. The van der Waals surface area contributed by atoms with E-state index in [1.54, 1.807) is 0 Å². The molecule has 0 aromatic heterocycles. The molecule has 0 saturated carbocycles. The summed E-state index contributed by atoms with van der Waals surface area (Å²) in [4.78, 5) is 19.7. The van der Waals surface area contributed by atoms with Gasteiger partial charge < -0.3 is 20.2 Å². The number of unbranched alkanes of at least 4 members (excludes halogenated alkanes) is 1. The van der Waals surface area contributed by atoms with E-state index in [0.717, 1.165) is 63.0 Å². The summed E-state index contributed by atoms with van der Waals surface area (Å²) < 4.78 is 4.96. The van der Waals surface area contributed by atoms with Crippen LogP contribution in [0.3, 0.4) is 0 Å². The molecule has 2 aliphatic heterocycles. The van der Waals surface area contributed by atoms with Gasteiger partial charge in [-0.05, 0) is 31.9 Å². The molecule has 0 amide bonds. The van der Waals surface area contributed by atoms with Crippen molar-refractivity contribution < 1.29 is 14.4 Å². The number of carbonyl (C=O) groups is 1. The van der Waals surface area contributed by atoms with Crippen molar-refractivity contribution in [2.75, 3.05) is 26.2 Å². The van der Waals surface area contributed by atoms with Gasteiger partial charge >= 0.3 is 5.97 Å². The quantitative estimate of drug-likeness (QED) is 0.290. The lowest BCUT2D eigenvalue weighted by Crippen LogP contribution is -2.44. The fraction of sp³-hybridized carbons (Fsp3) is 0.571. The third-order valence-corrected chi connectivity index (χ3v) is 5.55. The van der Waals surface area contributed by atoms with Crippen LogP contribution in [0.2, 0.25) is 0 Å². The maximum absolute atomic E-state index is 11.4. The lowest BCUT2D eigenvalue weighted by atomic mass is 9.85. The first-order chi connectivity index (χ1) is 13.5. The predicted octanol–water partition coefficient (Wildman–Crippen LogP) is 3.08. The van der Waals surface area contributed by atoms with E-state index in [4.69, 9.17) is 20.7 Å². The maximum Gasteiger partial charge on any atom is 0.305 e. The lowest BCUT2D eigenvalue weighted by Gasteiger charge is -2.37. The number of oxime groups is 1. The molecule has 8 heteroatoms. The summed E-state index contributed by atoms with van der Waals surface area (Å²) >= 11 is 0. The second kappa shape index (κ2) is 10.6. The molecule has 1 aromatic carbocycles. The maximum atomic E-state index is 11.4. The van der Waals surface area contributed by atoms with Crippen molar-refractivity contribution in [2.24, 2.45) is 10.9 Å². The summed E-state index contributed by atoms with van der Waals surface area (Å²) in [6, 6.07) is 7.61. The molecular weight excluding hydrogens is 392 g/mol. The number of esters is 1. The second-order valence-electron chi connectivity index (χ2n) is 7.58. The topological polar surface area (TPSA) is 101 Å². The number of likely N-dealkylation sites (tertiary alicyclic amines) is 1. The van der Waals surface area contributed by atoms with Crippen molar-refractivity contribution in [1.29, 1.82) is 5.41 Å². The van der Waals surface area contributed by atoms with E-state index >= 15 is 0 Å². The van der Waals surface area contributed by atoms with Crippen molar-refractivity contribution >= 4 is 29.9 Å². The fourth-order valence-electron chi connectivity index (χ4n) is 3.81. The van der Waals surface area contributed by atoms with Gasteiger partial charge in [0, 0.05) is 44.3 Å². The van der Waals surface area contributed by atoms with E-state index in [-0.39, 0.29) is 29.8 Å². The first-order valence-corrected chi connectivity index (χ1v) is 10.1. The second-order valence-corrected chi connectivity index (χ2v) is 7.58. The largest absolute Gasteiger partial charge is 0.466 e. The number of ether oxygens (including phenoxy) is 1. The standard InChI is InChI=1S/C21H30N4O3.ClH/c1-2-27-19(26)5-3-4-12-25-13-10-21(11-14-25)15-18(24-28-21)16-6-8-17(9-7-16)20(22)23;/h6-9H,2-5,10-15H2,1H3,(H3,22,23);1H. The van der Waals surface area contributed by atoms with Crippen LogP contribution in [0.5, 0.6) is 0 Å². The highest BCUT2D eigenvalue weighted by atomic mass is 35.5. The van der Waals surface area contributed by atoms with Crippen LogP contribution < -0.4 is 5.73 Å². The SMILES string of the molecule is CCOC(=O)CCCCN1CCC2(CC1)CC(c1ccc(C(=N)N)cc1)=NO2.Cl. The summed E-state index contributed by atoms with van der Waals surface area (Å²) in [5.74, 6) is -0.0253. The van der Waals surface area contributed by atoms with Gasteiger partial charge in [-0.3, -0.25) is 10.2 Å². The molecule has 2 heterocycles. The van der Waals surface area contributed by atoms with Crippen LogP contribution in [0.15, 0.2) is 29.4 Å². The normalized spacial score (nSPS) is 17.9.